The molecule has 0 saturated carbocycles. The molecule has 0 radical (unpaired) electrons. The van der Waals surface area contributed by atoms with Gasteiger partial charge in [-0.2, -0.15) is 0 Å². The summed E-state index contributed by atoms with van der Waals surface area (Å²) in [6, 6.07) is 10.6. The SMILES string of the molecule is CC(N)(C(=O)Nc1cc(Br)c(F)cc1F)c1ccccc1. The number of carbonyl (C=O) groups excluding carboxylic acids is 1. The third-order valence-corrected chi connectivity index (χ3v) is 3.71. The largest absolute Gasteiger partial charge is 0.322 e. The van der Waals surface area contributed by atoms with Crippen molar-refractivity contribution < 1.29 is 13.6 Å². The number of nitrogens with one attached hydrogen (secondary N) is 1. The van der Waals surface area contributed by atoms with Gasteiger partial charge in [-0.1, -0.05) is 30.3 Å². The number of halogens is 3. The Hall–Kier alpha value is -1.79. The van der Waals surface area contributed by atoms with Crippen LogP contribution >= 0.6 is 15.9 Å². The molecule has 1 amide bonds. The zero-order chi connectivity index (χ0) is 15.6. The highest BCUT2D eigenvalue weighted by molar-refractivity contribution is 9.10. The molecule has 0 aliphatic carbocycles. The second kappa shape index (κ2) is 5.91. The topological polar surface area (TPSA) is 55.1 Å². The Morgan fingerprint density at radius 3 is 2.43 bits per heavy atom. The summed E-state index contributed by atoms with van der Waals surface area (Å²) < 4.78 is 26.9. The molecule has 1 atom stereocenters. The average molecular weight is 355 g/mol. The number of rotatable bonds is 3. The predicted octanol–water partition coefficient (Wildman–Crippen LogP) is 3.54. The van der Waals surface area contributed by atoms with Crippen molar-refractivity contribution in [3.05, 3.63) is 64.1 Å². The maximum Gasteiger partial charge on any atom is 0.248 e. The summed E-state index contributed by atoms with van der Waals surface area (Å²) in [6.07, 6.45) is 0. The van der Waals surface area contributed by atoms with Crippen LogP contribution in [0.15, 0.2) is 46.9 Å². The van der Waals surface area contributed by atoms with Crippen molar-refractivity contribution in [1.29, 1.82) is 0 Å². The van der Waals surface area contributed by atoms with Gasteiger partial charge in [-0.25, -0.2) is 8.78 Å². The highest BCUT2D eigenvalue weighted by Crippen LogP contribution is 2.26. The predicted molar refractivity (Wildman–Crippen MR) is 80.7 cm³/mol. The third-order valence-electron chi connectivity index (χ3n) is 3.10. The summed E-state index contributed by atoms with van der Waals surface area (Å²) in [7, 11) is 0. The summed E-state index contributed by atoms with van der Waals surface area (Å²) in [5, 5.41) is 2.38. The van der Waals surface area contributed by atoms with Gasteiger partial charge in [-0.15, -0.1) is 0 Å². The van der Waals surface area contributed by atoms with Gasteiger partial charge in [0.2, 0.25) is 5.91 Å². The molecule has 21 heavy (non-hydrogen) atoms. The van der Waals surface area contributed by atoms with Gasteiger partial charge in [-0.05, 0) is 34.5 Å². The van der Waals surface area contributed by atoms with Gasteiger partial charge in [0.05, 0.1) is 10.2 Å². The van der Waals surface area contributed by atoms with Gasteiger partial charge in [0.25, 0.3) is 0 Å². The Balaban J connectivity index is 2.28. The van der Waals surface area contributed by atoms with Crippen LogP contribution < -0.4 is 11.1 Å². The third kappa shape index (κ3) is 3.28. The molecule has 0 heterocycles. The van der Waals surface area contributed by atoms with Crippen LogP contribution in [0.2, 0.25) is 0 Å². The van der Waals surface area contributed by atoms with Gasteiger partial charge in [0.15, 0.2) is 0 Å². The zero-order valence-corrected chi connectivity index (χ0v) is 12.7. The summed E-state index contributed by atoms with van der Waals surface area (Å²) in [5.41, 5.74) is 5.14. The Bertz CT molecular complexity index is 675. The Morgan fingerprint density at radius 1 is 1.19 bits per heavy atom. The van der Waals surface area contributed by atoms with E-state index in [9.17, 15) is 13.6 Å². The number of benzene rings is 2. The van der Waals surface area contributed by atoms with Crippen LogP contribution in [0, 0.1) is 11.6 Å². The van der Waals surface area contributed by atoms with E-state index in [0.29, 0.717) is 11.6 Å². The highest BCUT2D eigenvalue weighted by atomic mass is 79.9. The lowest BCUT2D eigenvalue weighted by atomic mass is 9.92. The molecule has 0 aliphatic rings. The van der Waals surface area contributed by atoms with Crippen molar-refractivity contribution in [2.75, 3.05) is 5.32 Å². The molecule has 0 saturated heterocycles. The van der Waals surface area contributed by atoms with Crippen molar-refractivity contribution in [3.63, 3.8) is 0 Å². The number of anilines is 1. The Morgan fingerprint density at radius 2 is 1.81 bits per heavy atom. The smallest absolute Gasteiger partial charge is 0.248 e. The summed E-state index contributed by atoms with van der Waals surface area (Å²) in [4.78, 5) is 12.3. The molecule has 0 bridgehead atoms. The lowest BCUT2D eigenvalue weighted by Crippen LogP contribution is -2.45. The molecule has 3 N–H and O–H groups in total. The molecule has 2 aromatic rings. The standard InChI is InChI=1S/C15H13BrF2N2O/c1-15(19,9-5-3-2-4-6-9)14(21)20-13-7-10(16)11(17)8-12(13)18/h2-8H,19H2,1H3,(H,20,21). The number of amides is 1. The highest BCUT2D eigenvalue weighted by Gasteiger charge is 2.31. The van der Waals surface area contributed by atoms with E-state index < -0.39 is 23.1 Å². The lowest BCUT2D eigenvalue weighted by Gasteiger charge is -2.24. The first-order chi connectivity index (χ1) is 9.82. The van der Waals surface area contributed by atoms with E-state index in [1.807, 2.05) is 0 Å². The van der Waals surface area contributed by atoms with Crippen molar-refractivity contribution in [3.8, 4) is 0 Å². The molecule has 6 heteroatoms. The van der Waals surface area contributed by atoms with Crippen LogP contribution in [0.25, 0.3) is 0 Å². The number of hydrogen-bond donors (Lipinski definition) is 2. The van der Waals surface area contributed by atoms with Crippen molar-refractivity contribution in [1.82, 2.24) is 0 Å². The number of hydrogen-bond acceptors (Lipinski definition) is 2. The second-order valence-electron chi connectivity index (χ2n) is 4.77. The summed E-state index contributed by atoms with van der Waals surface area (Å²) >= 11 is 2.94. The maximum atomic E-state index is 13.7. The van der Waals surface area contributed by atoms with Gasteiger partial charge in [0.1, 0.15) is 17.2 Å². The second-order valence-corrected chi connectivity index (χ2v) is 5.62. The first-order valence-electron chi connectivity index (χ1n) is 6.13. The van der Waals surface area contributed by atoms with Crippen LogP contribution in [-0.4, -0.2) is 5.91 Å². The molecule has 3 nitrogen and oxygen atoms in total. The minimum atomic E-state index is -1.34. The van der Waals surface area contributed by atoms with E-state index in [1.54, 1.807) is 30.3 Å². The number of carbonyl (C=O) groups is 1. The van der Waals surface area contributed by atoms with E-state index in [2.05, 4.69) is 21.2 Å². The molecule has 0 fully saturated rings. The molecule has 110 valence electrons. The number of nitrogens with two attached hydrogens (primary N) is 1. The summed E-state index contributed by atoms with van der Waals surface area (Å²) in [6.45, 7) is 1.52. The van der Waals surface area contributed by atoms with Crippen LogP contribution in [0.4, 0.5) is 14.5 Å². The quantitative estimate of drug-likeness (QED) is 0.828. The van der Waals surface area contributed by atoms with Gasteiger partial charge < -0.3 is 11.1 Å². The molecule has 0 spiro atoms. The van der Waals surface area contributed by atoms with E-state index >= 15 is 0 Å². The van der Waals surface area contributed by atoms with E-state index in [-0.39, 0.29) is 10.2 Å². The zero-order valence-electron chi connectivity index (χ0n) is 11.2. The van der Waals surface area contributed by atoms with Crippen molar-refractivity contribution >= 4 is 27.5 Å². The molecular formula is C15H13BrF2N2O. The fraction of sp³-hybridized carbons (Fsp3) is 0.133. The van der Waals surface area contributed by atoms with Crippen LogP contribution in [0.5, 0.6) is 0 Å². The molecule has 1 unspecified atom stereocenters. The summed E-state index contributed by atoms with van der Waals surface area (Å²) in [5.74, 6) is -2.21. The van der Waals surface area contributed by atoms with E-state index in [1.165, 1.54) is 6.92 Å². The minimum Gasteiger partial charge on any atom is -0.322 e. The molecule has 2 rings (SSSR count). The van der Waals surface area contributed by atoms with Gasteiger partial charge >= 0.3 is 0 Å². The Kier molecular flexibility index (Phi) is 4.39. The normalized spacial score (nSPS) is 13.6. The first-order valence-corrected chi connectivity index (χ1v) is 6.92. The van der Waals surface area contributed by atoms with E-state index in [4.69, 9.17) is 5.73 Å². The van der Waals surface area contributed by atoms with Crippen LogP contribution in [0.1, 0.15) is 12.5 Å². The molecule has 0 aliphatic heterocycles. The maximum absolute atomic E-state index is 13.7. The van der Waals surface area contributed by atoms with Crippen LogP contribution in [-0.2, 0) is 10.3 Å². The van der Waals surface area contributed by atoms with E-state index in [0.717, 1.165) is 6.07 Å². The van der Waals surface area contributed by atoms with Crippen LogP contribution in [0.3, 0.4) is 0 Å². The lowest BCUT2D eigenvalue weighted by molar-refractivity contribution is -0.120. The van der Waals surface area contributed by atoms with Crippen molar-refractivity contribution in [2.24, 2.45) is 5.73 Å². The molecule has 0 aromatic heterocycles. The Labute approximate surface area is 129 Å². The van der Waals surface area contributed by atoms with Gasteiger partial charge in [-0.3, -0.25) is 4.79 Å². The fourth-order valence-corrected chi connectivity index (χ4v) is 2.13. The monoisotopic (exact) mass is 354 g/mol. The molecular weight excluding hydrogens is 342 g/mol. The minimum absolute atomic E-state index is 0.0534. The first kappa shape index (κ1) is 15.6. The van der Waals surface area contributed by atoms with Crippen molar-refractivity contribution in [2.45, 2.75) is 12.5 Å². The fourth-order valence-electron chi connectivity index (χ4n) is 1.79. The molecule has 2 aromatic carbocycles. The van der Waals surface area contributed by atoms with Gasteiger partial charge in [0, 0.05) is 6.07 Å². The average Bonchev–Trinajstić information content (AvgIpc) is 2.45.